The van der Waals surface area contributed by atoms with Crippen LogP contribution in [0.25, 0.3) is 0 Å². The Bertz CT molecular complexity index is 370. The van der Waals surface area contributed by atoms with E-state index < -0.39 is 0 Å². The van der Waals surface area contributed by atoms with Crippen LogP contribution in [0.2, 0.25) is 0 Å². The van der Waals surface area contributed by atoms with Gasteiger partial charge in [-0.05, 0) is 73.0 Å². The fourth-order valence-corrected chi connectivity index (χ4v) is 6.74. The van der Waals surface area contributed by atoms with E-state index >= 15 is 0 Å². The van der Waals surface area contributed by atoms with E-state index in [1.165, 1.54) is 77.0 Å². The van der Waals surface area contributed by atoms with E-state index in [4.69, 9.17) is 0 Å². The molecule has 0 aliphatic heterocycles. The first kappa shape index (κ1) is 20.3. The van der Waals surface area contributed by atoms with Crippen LogP contribution in [-0.4, -0.2) is 0 Å². The molecule has 0 saturated heterocycles. The minimum Gasteiger partial charge on any atom is -0.0654 e. The van der Waals surface area contributed by atoms with Crippen LogP contribution in [0.3, 0.4) is 0 Å². The van der Waals surface area contributed by atoms with E-state index in [2.05, 4.69) is 41.5 Å². The fourth-order valence-electron chi connectivity index (χ4n) is 6.74. The minimum atomic E-state index is 0.619. The lowest BCUT2D eigenvalue weighted by Crippen LogP contribution is -2.33. The van der Waals surface area contributed by atoms with Crippen LogP contribution in [0.15, 0.2) is 0 Å². The highest BCUT2D eigenvalue weighted by Crippen LogP contribution is 2.56. The first-order chi connectivity index (χ1) is 11.3. The van der Waals surface area contributed by atoms with Crippen molar-refractivity contribution < 1.29 is 0 Å². The predicted molar refractivity (Wildman–Crippen MR) is 108 cm³/mol. The second-order valence-corrected chi connectivity index (χ2v) is 10.5. The molecule has 0 aromatic rings. The summed E-state index contributed by atoms with van der Waals surface area (Å²) < 4.78 is 0. The third-order valence-electron chi connectivity index (χ3n) is 8.34. The highest BCUT2D eigenvalue weighted by molar-refractivity contribution is 4.97. The van der Waals surface area contributed by atoms with Crippen LogP contribution >= 0.6 is 0 Å². The molecule has 4 unspecified atom stereocenters. The monoisotopic (exact) mass is 334 g/mol. The maximum absolute atomic E-state index is 2.67. The van der Waals surface area contributed by atoms with Gasteiger partial charge in [-0.25, -0.2) is 0 Å². The molecule has 2 aliphatic carbocycles. The molecule has 0 bridgehead atoms. The fraction of sp³-hybridized carbons (Fsp3) is 1.00. The van der Waals surface area contributed by atoms with Gasteiger partial charge in [0.25, 0.3) is 0 Å². The molecule has 2 aliphatic rings. The largest absolute Gasteiger partial charge is 0.0654 e. The lowest BCUT2D eigenvalue weighted by atomic mass is 9.63. The average molecular weight is 335 g/mol. The molecule has 0 aromatic heterocycles. The quantitative estimate of drug-likeness (QED) is 0.458. The number of hydrogen-bond donors (Lipinski definition) is 0. The summed E-state index contributed by atoms with van der Waals surface area (Å²) >= 11 is 0. The lowest BCUT2D eigenvalue weighted by Gasteiger charge is -2.42. The zero-order valence-electron chi connectivity index (χ0n) is 17.8. The van der Waals surface area contributed by atoms with Crippen molar-refractivity contribution in [3.8, 4) is 0 Å². The molecule has 0 aromatic carbocycles. The van der Waals surface area contributed by atoms with Crippen molar-refractivity contribution in [3.05, 3.63) is 0 Å². The molecule has 24 heavy (non-hydrogen) atoms. The molecule has 0 amide bonds. The first-order valence-corrected chi connectivity index (χ1v) is 11.3. The normalized spacial score (nSPS) is 41.4. The molecule has 0 heterocycles. The third-order valence-corrected chi connectivity index (χ3v) is 8.34. The van der Waals surface area contributed by atoms with Crippen LogP contribution in [0.4, 0.5) is 0 Å². The van der Waals surface area contributed by atoms with Crippen molar-refractivity contribution in [2.45, 2.75) is 119 Å². The van der Waals surface area contributed by atoms with Crippen molar-refractivity contribution in [1.29, 1.82) is 0 Å². The van der Waals surface area contributed by atoms with Gasteiger partial charge in [0.2, 0.25) is 0 Å². The van der Waals surface area contributed by atoms with Crippen LogP contribution in [0.1, 0.15) is 119 Å². The van der Waals surface area contributed by atoms with Crippen molar-refractivity contribution >= 4 is 0 Å². The lowest BCUT2D eigenvalue weighted by molar-refractivity contribution is 0.0763. The molecule has 0 radical (unpaired) electrons. The summed E-state index contributed by atoms with van der Waals surface area (Å²) in [7, 11) is 0. The molecule has 5 atom stereocenters. The van der Waals surface area contributed by atoms with Gasteiger partial charge in [0, 0.05) is 0 Å². The van der Waals surface area contributed by atoms with Crippen molar-refractivity contribution in [2.24, 2.45) is 34.5 Å². The van der Waals surface area contributed by atoms with Gasteiger partial charge in [-0.15, -0.1) is 0 Å². The second-order valence-electron chi connectivity index (χ2n) is 10.5. The Morgan fingerprint density at radius 1 is 0.958 bits per heavy atom. The van der Waals surface area contributed by atoms with Gasteiger partial charge in [0.1, 0.15) is 0 Å². The summed E-state index contributed by atoms with van der Waals surface area (Å²) in [5.41, 5.74) is 1.25. The first-order valence-electron chi connectivity index (χ1n) is 11.3. The Hall–Kier alpha value is 0. The van der Waals surface area contributed by atoms with Crippen LogP contribution in [-0.2, 0) is 0 Å². The minimum absolute atomic E-state index is 0.619. The summed E-state index contributed by atoms with van der Waals surface area (Å²) in [6, 6.07) is 0. The van der Waals surface area contributed by atoms with Gasteiger partial charge in [-0.2, -0.15) is 0 Å². The van der Waals surface area contributed by atoms with Crippen LogP contribution < -0.4 is 0 Å². The topological polar surface area (TPSA) is 0 Å². The van der Waals surface area contributed by atoms with E-state index in [1.54, 1.807) is 0 Å². The average Bonchev–Trinajstić information content (AvgIpc) is 2.82. The van der Waals surface area contributed by atoms with Gasteiger partial charge < -0.3 is 0 Å². The number of hydrogen-bond acceptors (Lipinski definition) is 0. The van der Waals surface area contributed by atoms with Crippen molar-refractivity contribution in [2.75, 3.05) is 0 Å². The SMILES string of the molecule is CCCC1(C)C(CC2CCCCC[C@](C)(CC)C2)CCC1C(C)C. The van der Waals surface area contributed by atoms with E-state index in [0.717, 1.165) is 23.7 Å². The molecule has 2 fully saturated rings. The maximum Gasteiger partial charge on any atom is -0.0267 e. The molecule has 0 nitrogen and oxygen atoms in total. The standard InChI is InChI=1S/C24H46/c1-7-15-24(6)21(13-14-22(24)19(3)4)17-20-12-10-9-11-16-23(5,8-2)18-20/h19-22H,7-18H2,1-6H3/t20?,21?,22?,23-,24?/m0/s1. The Labute approximate surface area is 153 Å². The molecule has 0 N–H and O–H groups in total. The smallest absolute Gasteiger partial charge is 0.0267 e. The molecule has 0 heteroatoms. The van der Waals surface area contributed by atoms with E-state index in [-0.39, 0.29) is 0 Å². The molecule has 142 valence electrons. The summed E-state index contributed by atoms with van der Waals surface area (Å²) in [5, 5.41) is 0. The molecule has 2 saturated carbocycles. The maximum atomic E-state index is 2.67. The number of rotatable bonds is 6. The Kier molecular flexibility index (Phi) is 7.27. The van der Waals surface area contributed by atoms with Gasteiger partial charge >= 0.3 is 0 Å². The zero-order chi connectivity index (χ0) is 17.8. The molecule has 2 rings (SSSR count). The highest BCUT2D eigenvalue weighted by Gasteiger charge is 2.47. The Morgan fingerprint density at radius 3 is 2.33 bits per heavy atom. The van der Waals surface area contributed by atoms with E-state index in [0.29, 0.717) is 10.8 Å². The van der Waals surface area contributed by atoms with Gasteiger partial charge in [-0.1, -0.05) is 80.1 Å². The van der Waals surface area contributed by atoms with Gasteiger partial charge in [0.15, 0.2) is 0 Å². The van der Waals surface area contributed by atoms with E-state index in [1.807, 2.05) is 0 Å². The highest BCUT2D eigenvalue weighted by atomic mass is 14.5. The Morgan fingerprint density at radius 2 is 1.71 bits per heavy atom. The van der Waals surface area contributed by atoms with Gasteiger partial charge in [0.05, 0.1) is 0 Å². The van der Waals surface area contributed by atoms with Gasteiger partial charge in [-0.3, -0.25) is 0 Å². The summed E-state index contributed by atoms with van der Waals surface area (Å²) in [6.07, 6.45) is 17.7. The molecular weight excluding hydrogens is 288 g/mol. The molecule has 0 spiro atoms. The zero-order valence-corrected chi connectivity index (χ0v) is 17.8. The van der Waals surface area contributed by atoms with Crippen molar-refractivity contribution in [3.63, 3.8) is 0 Å². The Balaban J connectivity index is 2.09. The summed E-state index contributed by atoms with van der Waals surface area (Å²) in [6.45, 7) is 15.0. The predicted octanol–water partition coefficient (Wildman–Crippen LogP) is 8.25. The van der Waals surface area contributed by atoms with E-state index in [9.17, 15) is 0 Å². The summed E-state index contributed by atoms with van der Waals surface area (Å²) in [4.78, 5) is 0. The third kappa shape index (κ3) is 4.59. The summed E-state index contributed by atoms with van der Waals surface area (Å²) in [5.74, 6) is 3.83. The van der Waals surface area contributed by atoms with Crippen molar-refractivity contribution in [1.82, 2.24) is 0 Å². The van der Waals surface area contributed by atoms with Crippen LogP contribution in [0, 0.1) is 34.5 Å². The second kappa shape index (κ2) is 8.59. The molecular formula is C24H46. The van der Waals surface area contributed by atoms with Crippen LogP contribution in [0.5, 0.6) is 0 Å².